The van der Waals surface area contributed by atoms with Crippen molar-refractivity contribution in [2.24, 2.45) is 0 Å². The Kier molecular flexibility index (Phi) is 4.64. The summed E-state index contributed by atoms with van der Waals surface area (Å²) in [6, 6.07) is 0. The Morgan fingerprint density at radius 1 is 1.59 bits per heavy atom. The Morgan fingerprint density at radius 3 is 2.82 bits per heavy atom. The van der Waals surface area contributed by atoms with E-state index in [0.29, 0.717) is 0 Å². The second kappa shape index (κ2) is 5.78. The highest BCUT2D eigenvalue weighted by atomic mass is 32.2. The van der Waals surface area contributed by atoms with Crippen LogP contribution < -0.4 is 0 Å². The first-order valence-electron chi connectivity index (χ1n) is 5.08. The molecule has 0 radical (unpaired) electrons. The zero-order valence-corrected chi connectivity index (χ0v) is 10.5. The highest BCUT2D eigenvalue weighted by Crippen LogP contribution is 2.10. The Bertz CT molecular complexity index is 455. The van der Waals surface area contributed by atoms with Crippen LogP contribution in [0.2, 0.25) is 0 Å². The van der Waals surface area contributed by atoms with Gasteiger partial charge in [0.2, 0.25) is 0 Å². The first-order valence-corrected chi connectivity index (χ1v) is 6.52. The summed E-state index contributed by atoms with van der Waals surface area (Å²) in [6.07, 6.45) is 2.53. The SMILES string of the molecule is CCOC(=O)CCN(C)S(=O)(=O)c1cnc[nH]1. The molecule has 0 spiro atoms. The topological polar surface area (TPSA) is 92.4 Å². The number of rotatable bonds is 6. The van der Waals surface area contributed by atoms with Crippen molar-refractivity contribution in [1.82, 2.24) is 14.3 Å². The second-order valence-electron chi connectivity index (χ2n) is 3.30. The smallest absolute Gasteiger partial charge is 0.307 e. The van der Waals surface area contributed by atoms with Crippen molar-refractivity contribution in [1.29, 1.82) is 0 Å². The molecule has 1 rings (SSSR count). The number of nitrogens with one attached hydrogen (secondary N) is 1. The fraction of sp³-hybridized carbons (Fsp3) is 0.556. The van der Waals surface area contributed by atoms with Crippen LogP contribution in [-0.4, -0.2) is 48.9 Å². The van der Waals surface area contributed by atoms with Crippen LogP contribution in [-0.2, 0) is 19.6 Å². The van der Waals surface area contributed by atoms with Gasteiger partial charge in [-0.1, -0.05) is 0 Å². The third kappa shape index (κ3) is 3.53. The van der Waals surface area contributed by atoms with Crippen molar-refractivity contribution in [3.8, 4) is 0 Å². The summed E-state index contributed by atoms with van der Waals surface area (Å²) in [4.78, 5) is 17.3. The van der Waals surface area contributed by atoms with Crippen molar-refractivity contribution in [3.05, 3.63) is 12.5 Å². The van der Waals surface area contributed by atoms with Gasteiger partial charge in [0.1, 0.15) is 0 Å². The van der Waals surface area contributed by atoms with E-state index in [1.807, 2.05) is 0 Å². The standard InChI is InChI=1S/C9H15N3O4S/c1-3-16-9(13)4-5-12(2)17(14,15)8-6-10-7-11-8/h6-7H,3-5H2,1-2H3,(H,10,11). The Morgan fingerprint density at radius 2 is 2.29 bits per heavy atom. The van der Waals surface area contributed by atoms with Crippen LogP contribution in [0, 0.1) is 0 Å². The molecule has 1 N–H and O–H groups in total. The molecule has 0 bridgehead atoms. The summed E-state index contributed by atoms with van der Waals surface area (Å²) in [7, 11) is -2.20. The summed E-state index contributed by atoms with van der Waals surface area (Å²) < 4.78 is 29.5. The number of esters is 1. The zero-order chi connectivity index (χ0) is 12.9. The molecule has 17 heavy (non-hydrogen) atoms. The van der Waals surface area contributed by atoms with Gasteiger partial charge in [0, 0.05) is 13.6 Å². The van der Waals surface area contributed by atoms with Gasteiger partial charge in [0.15, 0.2) is 5.03 Å². The van der Waals surface area contributed by atoms with E-state index in [0.717, 1.165) is 4.31 Å². The van der Waals surface area contributed by atoms with Gasteiger partial charge in [-0.3, -0.25) is 4.79 Å². The van der Waals surface area contributed by atoms with E-state index in [9.17, 15) is 13.2 Å². The number of aromatic amines is 1. The average Bonchev–Trinajstić information content (AvgIpc) is 2.80. The fourth-order valence-electron chi connectivity index (χ4n) is 1.15. The van der Waals surface area contributed by atoms with Gasteiger partial charge >= 0.3 is 5.97 Å². The molecule has 8 heteroatoms. The highest BCUT2D eigenvalue weighted by Gasteiger charge is 2.22. The van der Waals surface area contributed by atoms with Gasteiger partial charge < -0.3 is 9.72 Å². The third-order valence-electron chi connectivity index (χ3n) is 2.10. The second-order valence-corrected chi connectivity index (χ2v) is 5.31. The van der Waals surface area contributed by atoms with Crippen molar-refractivity contribution in [2.75, 3.05) is 20.2 Å². The molecule has 0 aliphatic rings. The molecule has 0 atom stereocenters. The van der Waals surface area contributed by atoms with Crippen molar-refractivity contribution < 1.29 is 17.9 Å². The van der Waals surface area contributed by atoms with E-state index in [1.54, 1.807) is 6.92 Å². The van der Waals surface area contributed by atoms with E-state index in [1.165, 1.54) is 19.6 Å². The number of carbonyl (C=O) groups is 1. The summed E-state index contributed by atoms with van der Waals surface area (Å²) in [6.45, 7) is 2.05. The maximum absolute atomic E-state index is 11.9. The lowest BCUT2D eigenvalue weighted by Gasteiger charge is -2.14. The normalized spacial score (nSPS) is 11.7. The predicted octanol–water partition coefficient (Wildman–Crippen LogP) is -0.0166. The van der Waals surface area contributed by atoms with Gasteiger partial charge in [0.25, 0.3) is 10.0 Å². The van der Waals surface area contributed by atoms with Crippen LogP contribution in [0.4, 0.5) is 0 Å². The van der Waals surface area contributed by atoms with E-state index in [-0.39, 0.29) is 24.6 Å². The summed E-state index contributed by atoms with van der Waals surface area (Å²) >= 11 is 0. The van der Waals surface area contributed by atoms with Crippen molar-refractivity contribution >= 4 is 16.0 Å². The number of aromatic nitrogens is 2. The zero-order valence-electron chi connectivity index (χ0n) is 9.71. The molecule has 0 amide bonds. The lowest BCUT2D eigenvalue weighted by molar-refractivity contribution is -0.143. The van der Waals surface area contributed by atoms with Crippen LogP contribution in [0.5, 0.6) is 0 Å². The largest absolute Gasteiger partial charge is 0.466 e. The van der Waals surface area contributed by atoms with Gasteiger partial charge in [-0.2, -0.15) is 4.31 Å². The maximum atomic E-state index is 11.9. The minimum absolute atomic E-state index is 0.00357. The third-order valence-corrected chi connectivity index (χ3v) is 3.88. The molecule has 0 unspecified atom stereocenters. The van der Waals surface area contributed by atoms with E-state index in [4.69, 9.17) is 4.74 Å². The number of carbonyl (C=O) groups excluding carboxylic acids is 1. The molecule has 0 fully saturated rings. The maximum Gasteiger partial charge on any atom is 0.307 e. The monoisotopic (exact) mass is 261 g/mol. The highest BCUT2D eigenvalue weighted by molar-refractivity contribution is 7.89. The van der Waals surface area contributed by atoms with Crippen LogP contribution in [0.3, 0.4) is 0 Å². The van der Waals surface area contributed by atoms with Gasteiger partial charge in [-0.15, -0.1) is 0 Å². The van der Waals surface area contributed by atoms with E-state index in [2.05, 4.69) is 9.97 Å². The van der Waals surface area contributed by atoms with Crippen LogP contribution in [0.1, 0.15) is 13.3 Å². The Labute approximate surface area is 99.8 Å². The lowest BCUT2D eigenvalue weighted by Crippen LogP contribution is -2.29. The fourth-order valence-corrected chi connectivity index (χ4v) is 2.22. The van der Waals surface area contributed by atoms with Crippen LogP contribution in [0.25, 0.3) is 0 Å². The van der Waals surface area contributed by atoms with Gasteiger partial charge in [-0.25, -0.2) is 13.4 Å². The van der Waals surface area contributed by atoms with Crippen molar-refractivity contribution in [3.63, 3.8) is 0 Å². The first-order chi connectivity index (χ1) is 7.98. The molecular formula is C9H15N3O4S. The minimum Gasteiger partial charge on any atom is -0.466 e. The first kappa shape index (κ1) is 13.7. The van der Waals surface area contributed by atoms with Crippen LogP contribution in [0.15, 0.2) is 17.6 Å². The molecule has 7 nitrogen and oxygen atoms in total. The molecular weight excluding hydrogens is 246 g/mol. The summed E-state index contributed by atoms with van der Waals surface area (Å²) in [5.41, 5.74) is 0. The molecule has 1 aromatic heterocycles. The molecule has 0 saturated heterocycles. The predicted molar refractivity (Wildman–Crippen MR) is 59.7 cm³/mol. The van der Waals surface area contributed by atoms with Gasteiger partial charge in [0.05, 0.1) is 25.6 Å². The number of nitrogens with zero attached hydrogens (tertiary/aromatic N) is 2. The minimum atomic E-state index is -3.60. The summed E-state index contributed by atoms with van der Waals surface area (Å²) in [5.74, 6) is -0.417. The number of hydrogen-bond acceptors (Lipinski definition) is 5. The molecule has 1 aromatic rings. The van der Waals surface area contributed by atoms with Gasteiger partial charge in [-0.05, 0) is 6.92 Å². The average molecular weight is 261 g/mol. The summed E-state index contributed by atoms with van der Waals surface area (Å²) in [5, 5.41) is 0.00357. The Hall–Kier alpha value is -1.41. The number of ether oxygens (including phenoxy) is 1. The number of hydrogen-bond donors (Lipinski definition) is 1. The van der Waals surface area contributed by atoms with E-state index >= 15 is 0 Å². The number of imidazole rings is 1. The number of sulfonamides is 1. The molecule has 1 heterocycles. The Balaban J connectivity index is 2.59. The van der Waals surface area contributed by atoms with E-state index < -0.39 is 16.0 Å². The molecule has 0 saturated carbocycles. The number of H-pyrrole nitrogens is 1. The van der Waals surface area contributed by atoms with Crippen molar-refractivity contribution in [2.45, 2.75) is 18.4 Å². The lowest BCUT2D eigenvalue weighted by atomic mass is 10.4. The quantitative estimate of drug-likeness (QED) is 0.727. The molecule has 0 aliphatic heterocycles. The van der Waals surface area contributed by atoms with Crippen LogP contribution >= 0.6 is 0 Å². The molecule has 0 aliphatic carbocycles. The molecule has 96 valence electrons. The molecule has 0 aromatic carbocycles.